The van der Waals surface area contributed by atoms with Crippen molar-refractivity contribution in [2.75, 3.05) is 13.1 Å². The second-order valence-corrected chi connectivity index (χ2v) is 5.11. The molecular weight excluding hydrogens is 256 g/mol. The van der Waals surface area contributed by atoms with Gasteiger partial charge in [0.1, 0.15) is 5.60 Å². The average Bonchev–Trinajstić information content (AvgIpc) is 3.30. The summed E-state index contributed by atoms with van der Waals surface area (Å²) in [5, 5.41) is 15.8. The van der Waals surface area contributed by atoms with Crippen molar-refractivity contribution in [1.82, 2.24) is 10.6 Å². The van der Waals surface area contributed by atoms with Gasteiger partial charge in [0.05, 0.1) is 6.54 Å². The van der Waals surface area contributed by atoms with Crippen LogP contribution in [0, 0.1) is 5.92 Å². The fraction of sp³-hybridized carbons (Fsp3) is 0.467. The van der Waals surface area contributed by atoms with Crippen molar-refractivity contribution in [1.29, 1.82) is 0 Å². The summed E-state index contributed by atoms with van der Waals surface area (Å²) in [6, 6.07) is 9.28. The summed E-state index contributed by atoms with van der Waals surface area (Å²) in [5.41, 5.74) is -0.317. The number of likely N-dealkylation sites (N-methyl/N-ethyl adjacent to an activating group) is 1. The van der Waals surface area contributed by atoms with Crippen LogP contribution in [0.2, 0.25) is 0 Å². The number of benzene rings is 1. The van der Waals surface area contributed by atoms with Gasteiger partial charge >= 0.3 is 11.8 Å². The molecule has 0 heterocycles. The summed E-state index contributed by atoms with van der Waals surface area (Å²) in [7, 11) is 0. The molecule has 0 aliphatic heterocycles. The minimum Gasteiger partial charge on any atom is -0.383 e. The Balaban J connectivity index is 2.04. The molecule has 5 heteroatoms. The van der Waals surface area contributed by atoms with Crippen LogP contribution in [0.5, 0.6) is 0 Å². The van der Waals surface area contributed by atoms with Crippen molar-refractivity contribution in [3.63, 3.8) is 0 Å². The first-order valence-corrected chi connectivity index (χ1v) is 6.92. The Hall–Kier alpha value is -1.88. The number of nitrogens with one attached hydrogen (secondary N) is 2. The molecule has 0 bridgehead atoms. The molecule has 1 atom stereocenters. The van der Waals surface area contributed by atoms with Crippen molar-refractivity contribution < 1.29 is 14.7 Å². The van der Waals surface area contributed by atoms with Crippen molar-refractivity contribution in [3.05, 3.63) is 35.9 Å². The first-order chi connectivity index (χ1) is 9.58. The lowest BCUT2D eigenvalue weighted by atomic mass is 9.88. The molecule has 1 fully saturated rings. The Morgan fingerprint density at radius 2 is 1.80 bits per heavy atom. The molecule has 1 aliphatic carbocycles. The van der Waals surface area contributed by atoms with E-state index in [9.17, 15) is 14.7 Å². The maximum Gasteiger partial charge on any atom is 0.309 e. The Bertz CT molecular complexity index is 485. The van der Waals surface area contributed by atoms with E-state index in [1.807, 2.05) is 30.3 Å². The summed E-state index contributed by atoms with van der Waals surface area (Å²) in [4.78, 5) is 23.0. The minimum atomic E-state index is -1.09. The highest BCUT2D eigenvalue weighted by Gasteiger charge is 2.45. The molecule has 2 amide bonds. The Morgan fingerprint density at radius 3 is 2.35 bits per heavy atom. The standard InChI is InChI=1S/C15H20N2O3/c1-2-16-13(18)14(19)17-10-15(20,12-8-9-12)11-6-4-3-5-7-11/h3-7,12,20H,2,8-10H2,1H3,(H,16,18)(H,17,19). The lowest BCUT2D eigenvalue weighted by molar-refractivity contribution is -0.140. The first kappa shape index (κ1) is 14.5. The van der Waals surface area contributed by atoms with Gasteiger partial charge in [-0.1, -0.05) is 30.3 Å². The lowest BCUT2D eigenvalue weighted by Crippen LogP contribution is -2.47. The Morgan fingerprint density at radius 1 is 1.20 bits per heavy atom. The third-order valence-electron chi connectivity index (χ3n) is 3.59. The van der Waals surface area contributed by atoms with E-state index in [2.05, 4.69) is 10.6 Å². The van der Waals surface area contributed by atoms with Crippen molar-refractivity contribution in [3.8, 4) is 0 Å². The van der Waals surface area contributed by atoms with E-state index < -0.39 is 17.4 Å². The predicted molar refractivity (Wildman–Crippen MR) is 74.8 cm³/mol. The van der Waals surface area contributed by atoms with Gasteiger partial charge in [-0.05, 0) is 31.2 Å². The van der Waals surface area contributed by atoms with Gasteiger partial charge in [0.2, 0.25) is 0 Å². The molecule has 0 aromatic heterocycles. The normalized spacial score (nSPS) is 17.1. The van der Waals surface area contributed by atoms with Gasteiger partial charge in [-0.2, -0.15) is 0 Å². The summed E-state index contributed by atoms with van der Waals surface area (Å²) in [6.07, 6.45) is 1.87. The van der Waals surface area contributed by atoms with Crippen LogP contribution in [0.3, 0.4) is 0 Å². The number of rotatable bonds is 5. The third-order valence-corrected chi connectivity index (χ3v) is 3.59. The molecule has 3 N–H and O–H groups in total. The van der Waals surface area contributed by atoms with E-state index in [0.29, 0.717) is 6.54 Å². The zero-order valence-electron chi connectivity index (χ0n) is 11.6. The maximum atomic E-state index is 11.6. The molecule has 1 unspecified atom stereocenters. The minimum absolute atomic E-state index is 0.0532. The Labute approximate surface area is 118 Å². The van der Waals surface area contributed by atoms with E-state index in [4.69, 9.17) is 0 Å². The van der Waals surface area contributed by atoms with Crippen LogP contribution in [-0.2, 0) is 15.2 Å². The molecular formula is C15H20N2O3. The lowest BCUT2D eigenvalue weighted by Gasteiger charge is -2.29. The van der Waals surface area contributed by atoms with Gasteiger partial charge in [0, 0.05) is 6.54 Å². The maximum absolute atomic E-state index is 11.6. The zero-order chi connectivity index (χ0) is 14.6. The van der Waals surface area contributed by atoms with Gasteiger partial charge in [0.15, 0.2) is 0 Å². The van der Waals surface area contributed by atoms with Gasteiger partial charge < -0.3 is 15.7 Å². The number of aliphatic hydroxyl groups is 1. The third kappa shape index (κ3) is 3.17. The van der Waals surface area contributed by atoms with E-state index in [-0.39, 0.29) is 12.5 Å². The van der Waals surface area contributed by atoms with Crippen LogP contribution in [0.1, 0.15) is 25.3 Å². The van der Waals surface area contributed by atoms with Crippen LogP contribution in [0.4, 0.5) is 0 Å². The van der Waals surface area contributed by atoms with Crippen LogP contribution in [0.25, 0.3) is 0 Å². The van der Waals surface area contributed by atoms with E-state index >= 15 is 0 Å². The second kappa shape index (κ2) is 6.05. The Kier molecular flexibility index (Phi) is 4.39. The van der Waals surface area contributed by atoms with E-state index in [1.54, 1.807) is 6.92 Å². The molecule has 1 aromatic carbocycles. The fourth-order valence-corrected chi connectivity index (χ4v) is 2.31. The quantitative estimate of drug-likeness (QED) is 0.687. The molecule has 0 radical (unpaired) electrons. The summed E-state index contributed by atoms with van der Waals surface area (Å²) < 4.78 is 0. The molecule has 20 heavy (non-hydrogen) atoms. The van der Waals surface area contributed by atoms with Gasteiger partial charge in [-0.25, -0.2) is 0 Å². The molecule has 0 saturated heterocycles. The van der Waals surface area contributed by atoms with Gasteiger partial charge in [-0.3, -0.25) is 9.59 Å². The topological polar surface area (TPSA) is 78.4 Å². The molecule has 1 saturated carbocycles. The number of carbonyl (C=O) groups is 2. The number of amides is 2. The van der Waals surface area contributed by atoms with E-state index in [1.165, 1.54) is 0 Å². The van der Waals surface area contributed by atoms with Crippen molar-refractivity contribution in [2.24, 2.45) is 5.92 Å². The number of hydrogen-bond acceptors (Lipinski definition) is 3. The van der Waals surface area contributed by atoms with Crippen LogP contribution < -0.4 is 10.6 Å². The van der Waals surface area contributed by atoms with Crippen LogP contribution in [0.15, 0.2) is 30.3 Å². The average molecular weight is 276 g/mol. The first-order valence-electron chi connectivity index (χ1n) is 6.92. The molecule has 1 aliphatic rings. The van der Waals surface area contributed by atoms with Crippen LogP contribution >= 0.6 is 0 Å². The molecule has 2 rings (SSSR count). The predicted octanol–water partition coefficient (Wildman–Crippen LogP) is 0.537. The van der Waals surface area contributed by atoms with Crippen molar-refractivity contribution in [2.45, 2.75) is 25.4 Å². The second-order valence-electron chi connectivity index (χ2n) is 5.11. The zero-order valence-corrected chi connectivity index (χ0v) is 11.6. The fourth-order valence-electron chi connectivity index (χ4n) is 2.31. The van der Waals surface area contributed by atoms with Crippen molar-refractivity contribution >= 4 is 11.8 Å². The molecule has 1 aromatic rings. The highest BCUT2D eigenvalue weighted by molar-refractivity contribution is 6.35. The smallest absolute Gasteiger partial charge is 0.309 e. The van der Waals surface area contributed by atoms with Gasteiger partial charge in [-0.15, -0.1) is 0 Å². The largest absolute Gasteiger partial charge is 0.383 e. The summed E-state index contributed by atoms with van der Waals surface area (Å²) in [6.45, 7) is 2.20. The van der Waals surface area contributed by atoms with E-state index in [0.717, 1.165) is 18.4 Å². The summed E-state index contributed by atoms with van der Waals surface area (Å²) in [5.74, 6) is -1.24. The van der Waals surface area contributed by atoms with Gasteiger partial charge in [0.25, 0.3) is 0 Å². The number of hydrogen-bond donors (Lipinski definition) is 3. The molecule has 0 spiro atoms. The molecule has 5 nitrogen and oxygen atoms in total. The number of carbonyl (C=O) groups excluding carboxylic acids is 2. The SMILES string of the molecule is CCNC(=O)C(=O)NCC(O)(c1ccccc1)C1CC1. The summed E-state index contributed by atoms with van der Waals surface area (Å²) >= 11 is 0. The highest BCUT2D eigenvalue weighted by Crippen LogP contribution is 2.45. The monoisotopic (exact) mass is 276 g/mol. The molecule has 108 valence electrons. The highest BCUT2D eigenvalue weighted by atomic mass is 16.3. The van der Waals surface area contributed by atoms with Crippen LogP contribution in [-0.4, -0.2) is 30.0 Å².